The van der Waals surface area contributed by atoms with Gasteiger partial charge in [0.25, 0.3) is 5.92 Å². The van der Waals surface area contributed by atoms with Gasteiger partial charge in [0, 0.05) is 30.6 Å². The van der Waals surface area contributed by atoms with E-state index in [-0.39, 0.29) is 23.7 Å². The Bertz CT molecular complexity index is 1210. The first-order valence-corrected chi connectivity index (χ1v) is 18.0. The summed E-state index contributed by atoms with van der Waals surface area (Å²) in [4.78, 5) is 14.3. The van der Waals surface area contributed by atoms with Crippen molar-refractivity contribution >= 4 is 40.2 Å². The predicted molar refractivity (Wildman–Crippen MR) is 190 cm³/mol. The third-order valence-corrected chi connectivity index (χ3v) is 11.7. The van der Waals surface area contributed by atoms with E-state index in [1.54, 1.807) is 0 Å². The van der Waals surface area contributed by atoms with Crippen molar-refractivity contribution < 1.29 is 27.4 Å². The van der Waals surface area contributed by atoms with Gasteiger partial charge in [0.1, 0.15) is 27.5 Å². The predicted octanol–water partition coefficient (Wildman–Crippen LogP) is 8.91. The van der Waals surface area contributed by atoms with Crippen LogP contribution in [0.15, 0.2) is 18.2 Å². The van der Waals surface area contributed by atoms with Crippen molar-refractivity contribution in [1.82, 2.24) is 4.90 Å². The first kappa shape index (κ1) is 39.8. The number of fused-ring (bicyclic) bond motifs is 5. The molecule has 1 aromatic rings. The molecule has 0 bridgehead atoms. The van der Waals surface area contributed by atoms with Crippen LogP contribution in [0.3, 0.4) is 0 Å². The van der Waals surface area contributed by atoms with Gasteiger partial charge in [-0.3, -0.25) is 4.39 Å². The van der Waals surface area contributed by atoms with Crippen LogP contribution in [0, 0.1) is 28.1 Å². The van der Waals surface area contributed by atoms with E-state index in [0.717, 1.165) is 44.5 Å². The Hall–Kier alpha value is -1.61. The highest BCUT2D eigenvalue weighted by atomic mass is 32.1. The SMILES string of the molecule is CCC(C)(C)CC.CN1CCC(OC(=O)Oc2ccc3c(c2)CCC2C3CCC3(C)C(=N)CCC23)C1.[B]C([B])(F)C(F)(F)CCCS. The molecule has 1 aromatic carbocycles. The van der Waals surface area contributed by atoms with E-state index >= 15 is 0 Å². The zero-order valence-electron chi connectivity index (χ0n) is 29.3. The molecule has 0 aromatic heterocycles. The zero-order valence-corrected chi connectivity index (χ0v) is 30.2. The average molecular weight is 675 g/mol. The number of thiol groups is 1. The number of nitrogens with zero attached hydrogens (tertiary/aromatic N) is 1. The molecule has 0 spiro atoms. The number of rotatable bonds is 8. The molecule has 1 N–H and O–H groups in total. The summed E-state index contributed by atoms with van der Waals surface area (Å²) >= 11 is 3.69. The van der Waals surface area contributed by atoms with Crippen molar-refractivity contribution in [2.75, 3.05) is 25.9 Å². The molecule has 5 atom stereocenters. The minimum absolute atomic E-state index is 0.0624. The molecule has 0 amide bonds. The van der Waals surface area contributed by atoms with Gasteiger partial charge in [-0.15, -0.1) is 0 Å². The molecule has 2 saturated carbocycles. The number of likely N-dealkylation sites (N-methyl/N-ethyl adjacent to an activating group) is 1. The number of hydrogen-bond donors (Lipinski definition) is 2. The minimum Gasteiger partial charge on any atom is -0.429 e. The van der Waals surface area contributed by atoms with Crippen LogP contribution >= 0.6 is 12.6 Å². The van der Waals surface area contributed by atoms with Crippen molar-refractivity contribution in [3.8, 4) is 5.75 Å². The van der Waals surface area contributed by atoms with Gasteiger partial charge < -0.3 is 19.8 Å². The van der Waals surface area contributed by atoms with Gasteiger partial charge in [0.2, 0.25) is 0 Å². The second kappa shape index (κ2) is 16.4. The molecule has 11 heteroatoms. The third-order valence-electron chi connectivity index (χ3n) is 11.4. The van der Waals surface area contributed by atoms with Gasteiger partial charge in [-0.25, -0.2) is 13.6 Å². The Morgan fingerprint density at radius 1 is 1.11 bits per heavy atom. The average Bonchev–Trinajstić information content (AvgIpc) is 3.56. The maximum atomic E-state index is 12.5. The minimum atomic E-state index is -3.67. The van der Waals surface area contributed by atoms with Gasteiger partial charge >= 0.3 is 6.16 Å². The van der Waals surface area contributed by atoms with E-state index in [1.807, 2.05) is 13.1 Å². The van der Waals surface area contributed by atoms with Crippen molar-refractivity contribution in [3.05, 3.63) is 29.3 Å². The van der Waals surface area contributed by atoms with E-state index in [0.29, 0.717) is 28.9 Å². The highest BCUT2D eigenvalue weighted by Gasteiger charge is 2.53. The standard InChI is InChI=1S/C24H32N2O3.C7H16.C5H7B2F3S/c1-24-11-9-19-18-6-4-16(28-23(27)29-17-10-12-26(2)14-17)13-15(18)3-5-20(19)21(24)7-8-22(24)25;1-5-7(3,4)6-2;6-5(7,10)4(8,9)2-1-3-11/h4,6,13,17,19-21,25H,3,5,7-12,14H2,1-2H3;5-6H2,1-4H3;11H,1-3H2. The summed E-state index contributed by atoms with van der Waals surface area (Å²) in [6.45, 7) is 13.1. The van der Waals surface area contributed by atoms with Crippen LogP contribution in [0.1, 0.15) is 116 Å². The Balaban J connectivity index is 0.000000277. The van der Waals surface area contributed by atoms with Gasteiger partial charge in [0.05, 0.1) is 5.47 Å². The highest BCUT2D eigenvalue weighted by molar-refractivity contribution is 7.80. The fourth-order valence-electron chi connectivity index (χ4n) is 7.42. The van der Waals surface area contributed by atoms with Crippen LogP contribution in [-0.4, -0.2) is 75.8 Å². The fraction of sp³-hybridized carbons (Fsp3) is 0.778. The molecule has 1 aliphatic heterocycles. The molecular formula is C36H55B2F3N2O3S. The van der Waals surface area contributed by atoms with Crippen LogP contribution in [-0.2, 0) is 11.2 Å². The lowest BCUT2D eigenvalue weighted by Crippen LogP contribution is -2.45. The Morgan fingerprint density at radius 3 is 2.34 bits per heavy atom. The van der Waals surface area contributed by atoms with E-state index in [4.69, 9.17) is 14.9 Å². The molecule has 4 aliphatic rings. The Kier molecular flexibility index (Phi) is 13.9. The van der Waals surface area contributed by atoms with Gasteiger partial charge in [-0.1, -0.05) is 53.5 Å². The molecule has 5 unspecified atom stereocenters. The lowest BCUT2D eigenvalue weighted by Gasteiger charge is -2.49. The molecule has 260 valence electrons. The number of halogens is 3. The first-order valence-electron chi connectivity index (χ1n) is 17.4. The number of likely N-dealkylation sites (tertiary alicyclic amines) is 1. The quantitative estimate of drug-likeness (QED) is 0.125. The number of benzene rings is 1. The maximum Gasteiger partial charge on any atom is 0.514 e. The van der Waals surface area contributed by atoms with E-state index < -0.39 is 24.0 Å². The van der Waals surface area contributed by atoms with Gasteiger partial charge in [0.15, 0.2) is 0 Å². The number of carbonyl (C=O) groups is 1. The Labute approximate surface area is 289 Å². The number of hydrogen-bond acceptors (Lipinski definition) is 6. The molecule has 5 nitrogen and oxygen atoms in total. The third kappa shape index (κ3) is 10.2. The van der Waals surface area contributed by atoms with Crippen LogP contribution in [0.2, 0.25) is 0 Å². The second-order valence-corrected chi connectivity index (χ2v) is 15.5. The van der Waals surface area contributed by atoms with Gasteiger partial charge in [-0.2, -0.15) is 12.6 Å². The van der Waals surface area contributed by atoms with Crippen molar-refractivity contribution in [2.24, 2.45) is 22.7 Å². The zero-order chi connectivity index (χ0) is 35.2. The fourth-order valence-corrected chi connectivity index (χ4v) is 7.58. The monoisotopic (exact) mass is 674 g/mol. The van der Waals surface area contributed by atoms with Gasteiger partial charge in [-0.05, 0) is 111 Å². The Morgan fingerprint density at radius 2 is 1.79 bits per heavy atom. The summed E-state index contributed by atoms with van der Waals surface area (Å²) in [5.74, 6) is -0.862. The topological polar surface area (TPSA) is 62.6 Å². The summed E-state index contributed by atoms with van der Waals surface area (Å²) in [5, 5.41) is 8.44. The summed E-state index contributed by atoms with van der Waals surface area (Å²) in [7, 11) is 10.8. The number of nitrogens with one attached hydrogen (secondary N) is 1. The largest absolute Gasteiger partial charge is 0.514 e. The second-order valence-electron chi connectivity index (χ2n) is 15.1. The van der Waals surface area contributed by atoms with E-state index in [2.05, 4.69) is 80.0 Å². The van der Waals surface area contributed by atoms with Crippen molar-refractivity contribution in [3.63, 3.8) is 0 Å². The smallest absolute Gasteiger partial charge is 0.429 e. The number of ether oxygens (including phenoxy) is 2. The number of carbonyl (C=O) groups excluding carboxylic acids is 1. The lowest BCUT2D eigenvalue weighted by molar-refractivity contribution is -0.0660. The summed E-state index contributed by atoms with van der Waals surface area (Å²) in [6.07, 6.45) is 8.92. The van der Waals surface area contributed by atoms with E-state index in [1.165, 1.54) is 43.2 Å². The molecule has 3 fully saturated rings. The van der Waals surface area contributed by atoms with E-state index in [9.17, 15) is 18.0 Å². The van der Waals surface area contributed by atoms with Crippen molar-refractivity contribution in [1.29, 1.82) is 5.41 Å². The molecule has 47 heavy (non-hydrogen) atoms. The lowest BCUT2D eigenvalue weighted by atomic mass is 9.55. The first-order chi connectivity index (χ1) is 21.9. The van der Waals surface area contributed by atoms with Crippen LogP contribution < -0.4 is 4.74 Å². The highest BCUT2D eigenvalue weighted by Crippen LogP contribution is 2.59. The molecule has 4 radical (unpaired) electrons. The molecule has 5 rings (SSSR count). The normalized spacial score (nSPS) is 27.3. The summed E-state index contributed by atoms with van der Waals surface area (Å²) < 4.78 is 48.2. The van der Waals surface area contributed by atoms with Crippen molar-refractivity contribution in [2.45, 2.75) is 129 Å². The molecular weight excluding hydrogens is 619 g/mol. The van der Waals surface area contributed by atoms with Crippen LogP contribution in [0.25, 0.3) is 0 Å². The molecule has 1 saturated heterocycles. The summed E-state index contributed by atoms with van der Waals surface area (Å²) in [5.41, 5.74) is 1.06. The van der Waals surface area contributed by atoms with Crippen LogP contribution in [0.4, 0.5) is 18.0 Å². The van der Waals surface area contributed by atoms with Crippen LogP contribution in [0.5, 0.6) is 5.75 Å². The number of aryl methyl sites for hydroxylation is 1. The molecule has 3 aliphatic carbocycles. The number of alkyl halides is 3. The maximum absolute atomic E-state index is 12.5. The summed E-state index contributed by atoms with van der Waals surface area (Å²) in [6, 6.07) is 6.17. The molecule has 1 heterocycles.